The average Bonchev–Trinajstić information content (AvgIpc) is 3.16. The first-order chi connectivity index (χ1) is 17.0. The summed E-state index contributed by atoms with van der Waals surface area (Å²) in [5.41, 5.74) is 0.837. The largest absolute Gasteiger partial charge is 0.431 e. The van der Waals surface area contributed by atoms with Gasteiger partial charge in [0, 0.05) is 17.8 Å². The number of esters is 1. The minimum Gasteiger partial charge on any atom is -0.431 e. The second-order valence-electron chi connectivity index (χ2n) is 13.9. The number of carbonyl (C=O) groups is 1. The molecule has 0 aromatic carbocycles. The van der Waals surface area contributed by atoms with Crippen LogP contribution in [0.15, 0.2) is 11.8 Å². The quantitative estimate of drug-likeness (QED) is 0.172. The van der Waals surface area contributed by atoms with E-state index in [4.69, 9.17) is 4.74 Å². The number of hydrogen-bond acceptors (Lipinski definition) is 4. The van der Waals surface area contributed by atoms with Crippen molar-refractivity contribution >= 4 is 5.97 Å². The number of nitrogens with zero attached hydrogens (tertiary/aromatic N) is 1. The molecule has 0 amide bonds. The van der Waals surface area contributed by atoms with E-state index in [0.29, 0.717) is 16.7 Å². The van der Waals surface area contributed by atoms with Crippen LogP contribution >= 0.6 is 0 Å². The molecule has 0 N–H and O–H groups in total. The number of ether oxygens (including phenoxy) is 1. The molecule has 0 saturated heterocycles. The summed E-state index contributed by atoms with van der Waals surface area (Å²) in [5, 5.41) is 10.5. The molecule has 0 spiro atoms. The van der Waals surface area contributed by atoms with E-state index >= 15 is 0 Å². The summed E-state index contributed by atoms with van der Waals surface area (Å²) >= 11 is 0. The summed E-state index contributed by atoms with van der Waals surface area (Å²) in [6.07, 6.45) is 16.8. The third-order valence-electron chi connectivity index (χ3n) is 11.5. The monoisotopic (exact) mass is 501 g/mol. The predicted molar refractivity (Wildman–Crippen MR) is 144 cm³/mol. The van der Waals surface area contributed by atoms with Crippen molar-refractivity contribution in [3.63, 3.8) is 0 Å². The van der Waals surface area contributed by atoms with Crippen molar-refractivity contribution < 1.29 is 14.5 Å². The predicted octanol–water partition coefficient (Wildman–Crippen LogP) is 8.20. The molecular weight excluding hydrogens is 450 g/mol. The second kappa shape index (κ2) is 11.2. The van der Waals surface area contributed by atoms with Crippen molar-refractivity contribution in [3.8, 4) is 0 Å². The van der Waals surface area contributed by atoms with Crippen molar-refractivity contribution in [3.05, 3.63) is 21.9 Å². The Morgan fingerprint density at radius 1 is 1.06 bits per heavy atom. The minimum absolute atomic E-state index is 0.127. The maximum Gasteiger partial charge on any atom is 0.311 e. The van der Waals surface area contributed by atoms with Gasteiger partial charge in [-0.2, -0.15) is 0 Å². The molecule has 5 nitrogen and oxygen atoms in total. The molecule has 204 valence electrons. The third-order valence-corrected chi connectivity index (χ3v) is 11.5. The van der Waals surface area contributed by atoms with Crippen LogP contribution in [0.3, 0.4) is 0 Å². The normalized spacial score (nSPS) is 38.5. The van der Waals surface area contributed by atoms with Crippen molar-refractivity contribution in [2.45, 2.75) is 118 Å². The van der Waals surface area contributed by atoms with Crippen LogP contribution in [-0.2, 0) is 9.53 Å². The lowest BCUT2D eigenvalue weighted by Crippen LogP contribution is -2.53. The summed E-state index contributed by atoms with van der Waals surface area (Å²) in [5.74, 6) is 6.19. The second-order valence-corrected chi connectivity index (χ2v) is 13.9. The van der Waals surface area contributed by atoms with Gasteiger partial charge in [0.1, 0.15) is 5.76 Å². The number of allylic oxidation sites excluding steroid dienone is 2. The fourth-order valence-electron chi connectivity index (χ4n) is 9.51. The van der Waals surface area contributed by atoms with Crippen LogP contribution in [0.2, 0.25) is 0 Å². The number of nitro groups is 1. The van der Waals surface area contributed by atoms with Gasteiger partial charge in [-0.25, -0.2) is 0 Å². The van der Waals surface area contributed by atoms with E-state index in [9.17, 15) is 14.9 Å². The molecule has 0 bridgehead atoms. The smallest absolute Gasteiger partial charge is 0.311 e. The van der Waals surface area contributed by atoms with Gasteiger partial charge in [0.05, 0.1) is 6.42 Å². The summed E-state index contributed by atoms with van der Waals surface area (Å²) in [7, 11) is 0. The SMILES string of the molecule is CC(C)CCC[C@@H](C)[C@H]1CC[C@H]2[C@@H]3CC[C@H]4CC(OC(=O)CCC[N+](=O)[O-])=CC[C@]4(C)[C@H]3CC[C@]12C. The molecule has 0 unspecified atom stereocenters. The highest BCUT2D eigenvalue weighted by atomic mass is 16.6. The Balaban J connectivity index is 1.38. The summed E-state index contributed by atoms with van der Waals surface area (Å²) in [6.45, 7) is 12.3. The first-order valence-corrected chi connectivity index (χ1v) is 15.1. The van der Waals surface area contributed by atoms with Crippen LogP contribution in [-0.4, -0.2) is 17.4 Å². The van der Waals surface area contributed by atoms with Crippen LogP contribution in [0.1, 0.15) is 118 Å². The molecule has 0 aliphatic heterocycles. The molecule has 3 fully saturated rings. The zero-order valence-corrected chi connectivity index (χ0v) is 23.6. The van der Waals surface area contributed by atoms with E-state index in [1.54, 1.807) is 0 Å². The highest BCUT2D eigenvalue weighted by Gasteiger charge is 2.60. The molecule has 4 rings (SSSR count). The van der Waals surface area contributed by atoms with Gasteiger partial charge in [0.2, 0.25) is 6.54 Å². The van der Waals surface area contributed by atoms with E-state index < -0.39 is 0 Å². The molecule has 0 radical (unpaired) electrons. The first-order valence-electron chi connectivity index (χ1n) is 15.1. The minimum atomic E-state index is -0.369. The number of rotatable bonds is 10. The summed E-state index contributed by atoms with van der Waals surface area (Å²) in [4.78, 5) is 22.4. The number of fused-ring (bicyclic) bond motifs is 5. The van der Waals surface area contributed by atoms with Gasteiger partial charge in [-0.3, -0.25) is 14.9 Å². The van der Waals surface area contributed by atoms with Crippen molar-refractivity contribution in [1.29, 1.82) is 0 Å². The van der Waals surface area contributed by atoms with Crippen LogP contribution < -0.4 is 0 Å². The molecule has 0 aromatic rings. The maximum absolute atomic E-state index is 12.2. The molecule has 0 heterocycles. The van der Waals surface area contributed by atoms with Crippen molar-refractivity contribution in [2.24, 2.45) is 52.3 Å². The lowest BCUT2D eigenvalue weighted by Gasteiger charge is -2.60. The fraction of sp³-hybridized carbons (Fsp3) is 0.903. The molecule has 3 saturated carbocycles. The van der Waals surface area contributed by atoms with Gasteiger partial charge in [-0.15, -0.1) is 0 Å². The van der Waals surface area contributed by atoms with Gasteiger partial charge in [-0.05, 0) is 103 Å². The number of carbonyl (C=O) groups excluding carboxylic acids is 1. The maximum atomic E-state index is 12.2. The van der Waals surface area contributed by atoms with Crippen LogP contribution in [0.4, 0.5) is 0 Å². The zero-order chi connectivity index (χ0) is 26.1. The molecule has 0 aromatic heterocycles. The van der Waals surface area contributed by atoms with Crippen LogP contribution in [0, 0.1) is 62.4 Å². The molecule has 5 heteroatoms. The lowest BCUT2D eigenvalue weighted by atomic mass is 9.45. The standard InChI is InChI=1S/C31H51NO4/c1-21(2)8-6-9-22(3)26-13-14-27-25-12-11-23-20-24(36-29(33)10-7-19-32(34)35)15-17-30(23,4)28(25)16-18-31(26,27)5/h15,21-23,25-28H,6-14,16-20H2,1-5H3/t22-,23+,25+,26-,27+,28+,30+,31-/m1/s1. The Hall–Kier alpha value is -1.39. The van der Waals surface area contributed by atoms with Crippen LogP contribution in [0.5, 0.6) is 0 Å². The Kier molecular flexibility index (Phi) is 8.56. The number of hydrogen-bond donors (Lipinski definition) is 0. The average molecular weight is 502 g/mol. The molecule has 4 aliphatic carbocycles. The highest BCUT2D eigenvalue weighted by Crippen LogP contribution is 2.68. The zero-order valence-electron chi connectivity index (χ0n) is 23.6. The topological polar surface area (TPSA) is 69.4 Å². The van der Waals surface area contributed by atoms with E-state index in [2.05, 4.69) is 40.7 Å². The molecule has 4 aliphatic rings. The van der Waals surface area contributed by atoms with Gasteiger partial charge in [0.25, 0.3) is 0 Å². The summed E-state index contributed by atoms with van der Waals surface area (Å²) in [6, 6.07) is 0. The molecule has 36 heavy (non-hydrogen) atoms. The van der Waals surface area contributed by atoms with Gasteiger partial charge in [-0.1, -0.05) is 53.9 Å². The van der Waals surface area contributed by atoms with Gasteiger partial charge >= 0.3 is 5.97 Å². The lowest BCUT2D eigenvalue weighted by molar-refractivity contribution is -0.480. The van der Waals surface area contributed by atoms with Crippen molar-refractivity contribution in [1.82, 2.24) is 0 Å². The van der Waals surface area contributed by atoms with E-state index in [1.165, 1.54) is 57.8 Å². The Labute approximate surface area is 219 Å². The Morgan fingerprint density at radius 3 is 2.53 bits per heavy atom. The van der Waals surface area contributed by atoms with E-state index in [0.717, 1.165) is 54.1 Å². The van der Waals surface area contributed by atoms with Crippen LogP contribution in [0.25, 0.3) is 0 Å². The van der Waals surface area contributed by atoms with E-state index in [1.807, 2.05) is 0 Å². The molecular formula is C31H51NO4. The first kappa shape index (κ1) is 27.6. The highest BCUT2D eigenvalue weighted by molar-refractivity contribution is 5.70. The Bertz CT molecular complexity index is 836. The third kappa shape index (κ3) is 5.55. The molecule has 8 atom stereocenters. The van der Waals surface area contributed by atoms with E-state index in [-0.39, 0.29) is 30.3 Å². The van der Waals surface area contributed by atoms with Gasteiger partial charge < -0.3 is 4.74 Å². The Morgan fingerprint density at radius 2 is 1.81 bits per heavy atom. The van der Waals surface area contributed by atoms with Gasteiger partial charge in [0.15, 0.2) is 0 Å². The summed E-state index contributed by atoms with van der Waals surface area (Å²) < 4.78 is 5.68. The van der Waals surface area contributed by atoms with Crippen molar-refractivity contribution in [2.75, 3.05) is 6.54 Å². The fourth-order valence-corrected chi connectivity index (χ4v) is 9.51.